The van der Waals surface area contributed by atoms with Crippen LogP contribution in [0, 0.1) is 0 Å². The van der Waals surface area contributed by atoms with E-state index >= 15 is 0 Å². The Morgan fingerprint density at radius 2 is 1.86 bits per heavy atom. The molecule has 6 nitrogen and oxygen atoms in total. The van der Waals surface area contributed by atoms with Crippen LogP contribution in [0.1, 0.15) is 12.5 Å². The van der Waals surface area contributed by atoms with Gasteiger partial charge in [0, 0.05) is 5.56 Å². The number of rotatable bonds is 5. The van der Waals surface area contributed by atoms with Crippen molar-refractivity contribution in [3.63, 3.8) is 0 Å². The molecule has 0 aliphatic carbocycles. The molecule has 0 radical (unpaired) electrons. The number of nitrogens with zero attached hydrogens (tertiary/aromatic N) is 1. The minimum absolute atomic E-state index is 0.00363. The molecule has 0 fully saturated rings. The Balaban J connectivity index is 2.23. The summed E-state index contributed by atoms with van der Waals surface area (Å²) in [5, 5.41) is 13.4. The minimum Gasteiger partial charge on any atom is -0.504 e. The zero-order valence-corrected chi connectivity index (χ0v) is 13.0. The molecule has 2 aromatic rings. The van der Waals surface area contributed by atoms with E-state index in [-0.39, 0.29) is 16.4 Å². The predicted molar refractivity (Wildman–Crippen MR) is 83.6 cm³/mol. The number of methoxy groups -OCH3 is 1. The van der Waals surface area contributed by atoms with Crippen LogP contribution in [-0.4, -0.2) is 26.3 Å². The van der Waals surface area contributed by atoms with Gasteiger partial charge in [-0.2, -0.15) is 18.4 Å². The lowest BCUT2D eigenvalue weighted by Gasteiger charge is -2.07. The van der Waals surface area contributed by atoms with Gasteiger partial charge in [0.05, 0.1) is 17.7 Å². The van der Waals surface area contributed by atoms with E-state index in [4.69, 9.17) is 4.74 Å². The standard InChI is InChI=1S/C15H16N2O4S/c1-11(12-8-9-14(18)15(10-12)21-2)16-17-22(19,20)13-6-4-3-5-7-13/h3-10,17-18H,1-2H3. The Morgan fingerprint density at radius 1 is 1.18 bits per heavy atom. The molecule has 0 bridgehead atoms. The molecule has 0 aromatic heterocycles. The first-order valence-corrected chi connectivity index (χ1v) is 7.91. The van der Waals surface area contributed by atoms with Crippen LogP contribution in [0.3, 0.4) is 0 Å². The highest BCUT2D eigenvalue weighted by atomic mass is 32.2. The summed E-state index contributed by atoms with van der Waals surface area (Å²) in [5.74, 6) is 0.293. The highest BCUT2D eigenvalue weighted by molar-refractivity contribution is 7.89. The highest BCUT2D eigenvalue weighted by Gasteiger charge is 2.12. The molecular weight excluding hydrogens is 304 g/mol. The van der Waals surface area contributed by atoms with E-state index in [0.29, 0.717) is 11.3 Å². The van der Waals surface area contributed by atoms with Gasteiger partial charge in [0.1, 0.15) is 0 Å². The molecule has 0 atom stereocenters. The van der Waals surface area contributed by atoms with Gasteiger partial charge >= 0.3 is 0 Å². The number of hydrazone groups is 1. The summed E-state index contributed by atoms with van der Waals surface area (Å²) in [6.45, 7) is 1.65. The molecule has 22 heavy (non-hydrogen) atoms. The molecular formula is C15H16N2O4S. The van der Waals surface area contributed by atoms with E-state index in [9.17, 15) is 13.5 Å². The third-order valence-electron chi connectivity index (χ3n) is 2.98. The topological polar surface area (TPSA) is 88.0 Å². The molecule has 0 spiro atoms. The van der Waals surface area contributed by atoms with Crippen LogP contribution in [0.4, 0.5) is 0 Å². The van der Waals surface area contributed by atoms with E-state index in [1.807, 2.05) is 0 Å². The van der Waals surface area contributed by atoms with Crippen molar-refractivity contribution in [3.8, 4) is 11.5 Å². The molecule has 0 heterocycles. The average molecular weight is 320 g/mol. The molecule has 7 heteroatoms. The van der Waals surface area contributed by atoms with Crippen molar-refractivity contribution in [1.82, 2.24) is 4.83 Å². The minimum atomic E-state index is -3.71. The maximum Gasteiger partial charge on any atom is 0.276 e. The summed E-state index contributed by atoms with van der Waals surface area (Å²) in [4.78, 5) is 2.32. The first kappa shape index (κ1) is 15.8. The van der Waals surface area contributed by atoms with Crippen LogP contribution in [-0.2, 0) is 10.0 Å². The van der Waals surface area contributed by atoms with Gasteiger partial charge in [-0.1, -0.05) is 18.2 Å². The Bertz CT molecular complexity index is 786. The van der Waals surface area contributed by atoms with Crippen molar-refractivity contribution in [2.24, 2.45) is 5.10 Å². The summed E-state index contributed by atoms with van der Waals surface area (Å²) in [6.07, 6.45) is 0. The molecule has 0 amide bonds. The van der Waals surface area contributed by atoms with Gasteiger partial charge in [-0.3, -0.25) is 0 Å². The van der Waals surface area contributed by atoms with E-state index in [0.717, 1.165) is 0 Å². The number of sulfonamides is 1. The van der Waals surface area contributed by atoms with Crippen LogP contribution in [0.25, 0.3) is 0 Å². The largest absolute Gasteiger partial charge is 0.504 e. The van der Waals surface area contributed by atoms with Crippen molar-refractivity contribution >= 4 is 15.7 Å². The number of hydrogen-bond donors (Lipinski definition) is 2. The van der Waals surface area contributed by atoms with Crippen LogP contribution < -0.4 is 9.57 Å². The predicted octanol–water partition coefficient (Wildman–Crippen LogP) is 2.10. The second-order valence-corrected chi connectivity index (χ2v) is 6.15. The van der Waals surface area contributed by atoms with E-state index < -0.39 is 10.0 Å². The number of benzene rings is 2. The monoisotopic (exact) mass is 320 g/mol. The average Bonchev–Trinajstić information content (AvgIpc) is 2.54. The maximum absolute atomic E-state index is 12.1. The fourth-order valence-electron chi connectivity index (χ4n) is 1.75. The van der Waals surface area contributed by atoms with Crippen molar-refractivity contribution in [2.75, 3.05) is 7.11 Å². The second kappa shape index (κ2) is 6.48. The summed E-state index contributed by atoms with van der Waals surface area (Å²) in [7, 11) is -2.27. The Morgan fingerprint density at radius 3 is 2.50 bits per heavy atom. The van der Waals surface area contributed by atoms with Gasteiger partial charge in [-0.05, 0) is 37.3 Å². The third kappa shape index (κ3) is 3.56. The fourth-order valence-corrected chi connectivity index (χ4v) is 2.63. The number of phenols is 1. The molecule has 0 unspecified atom stereocenters. The van der Waals surface area contributed by atoms with Crippen LogP contribution in [0.15, 0.2) is 58.5 Å². The lowest BCUT2D eigenvalue weighted by atomic mass is 10.1. The van der Waals surface area contributed by atoms with Gasteiger partial charge in [0.25, 0.3) is 10.0 Å². The Kier molecular flexibility index (Phi) is 4.67. The van der Waals surface area contributed by atoms with Crippen LogP contribution >= 0.6 is 0 Å². The number of nitrogens with one attached hydrogen (secondary N) is 1. The van der Waals surface area contributed by atoms with Crippen molar-refractivity contribution in [3.05, 3.63) is 54.1 Å². The molecule has 2 aromatic carbocycles. The van der Waals surface area contributed by atoms with Crippen LogP contribution in [0.5, 0.6) is 11.5 Å². The van der Waals surface area contributed by atoms with Gasteiger partial charge in [-0.25, -0.2) is 0 Å². The highest BCUT2D eigenvalue weighted by Crippen LogP contribution is 2.26. The smallest absolute Gasteiger partial charge is 0.276 e. The lowest BCUT2D eigenvalue weighted by molar-refractivity contribution is 0.373. The Labute approximate surface area is 129 Å². The van der Waals surface area contributed by atoms with E-state index in [2.05, 4.69) is 9.93 Å². The van der Waals surface area contributed by atoms with E-state index in [1.54, 1.807) is 37.3 Å². The first-order valence-electron chi connectivity index (χ1n) is 6.42. The molecule has 0 aliphatic rings. The molecule has 2 N–H and O–H groups in total. The number of aromatic hydroxyl groups is 1. The summed E-state index contributed by atoms with van der Waals surface area (Å²) >= 11 is 0. The zero-order chi connectivity index (χ0) is 16.2. The Hall–Kier alpha value is -2.54. The SMILES string of the molecule is COc1cc(C(C)=NNS(=O)(=O)c2ccccc2)ccc1O. The van der Waals surface area contributed by atoms with Gasteiger partial charge < -0.3 is 9.84 Å². The lowest BCUT2D eigenvalue weighted by Crippen LogP contribution is -2.19. The quantitative estimate of drug-likeness (QED) is 0.652. The van der Waals surface area contributed by atoms with Crippen molar-refractivity contribution < 1.29 is 18.3 Å². The van der Waals surface area contributed by atoms with Gasteiger partial charge in [0.15, 0.2) is 11.5 Å². The molecule has 0 aliphatic heterocycles. The fraction of sp³-hybridized carbons (Fsp3) is 0.133. The first-order chi connectivity index (χ1) is 10.4. The summed E-state index contributed by atoms with van der Waals surface area (Å²) < 4.78 is 29.1. The molecule has 2 rings (SSSR count). The summed E-state index contributed by atoms with van der Waals surface area (Å²) in [6, 6.07) is 12.6. The number of ether oxygens (including phenoxy) is 1. The third-order valence-corrected chi connectivity index (χ3v) is 4.21. The second-order valence-electron chi connectivity index (χ2n) is 4.49. The van der Waals surface area contributed by atoms with Crippen molar-refractivity contribution in [1.29, 1.82) is 0 Å². The normalized spacial score (nSPS) is 12.0. The number of phenolic OH excluding ortho intramolecular Hbond substituents is 1. The summed E-state index contributed by atoms with van der Waals surface area (Å²) in [5.41, 5.74) is 1.07. The van der Waals surface area contributed by atoms with Crippen molar-refractivity contribution in [2.45, 2.75) is 11.8 Å². The molecule has 0 saturated heterocycles. The van der Waals surface area contributed by atoms with E-state index in [1.165, 1.54) is 25.3 Å². The maximum atomic E-state index is 12.1. The van der Waals surface area contributed by atoms with Gasteiger partial charge in [0.2, 0.25) is 0 Å². The number of hydrogen-bond acceptors (Lipinski definition) is 5. The zero-order valence-electron chi connectivity index (χ0n) is 12.1. The molecule has 116 valence electrons. The van der Waals surface area contributed by atoms with Crippen LogP contribution in [0.2, 0.25) is 0 Å². The van der Waals surface area contributed by atoms with Gasteiger partial charge in [-0.15, -0.1) is 0 Å². The molecule has 0 saturated carbocycles.